The third kappa shape index (κ3) is 3.25. The number of hydrogen-bond donors (Lipinski definition) is 1. The summed E-state index contributed by atoms with van der Waals surface area (Å²) >= 11 is 1.46. The van der Waals surface area contributed by atoms with Gasteiger partial charge in [-0.2, -0.15) is 5.10 Å². The van der Waals surface area contributed by atoms with E-state index >= 15 is 0 Å². The summed E-state index contributed by atoms with van der Waals surface area (Å²) in [7, 11) is 1.86. The van der Waals surface area contributed by atoms with Gasteiger partial charge in [-0.15, -0.1) is 11.3 Å². The Hall–Kier alpha value is -1.69. The molecule has 20 heavy (non-hydrogen) atoms. The molecule has 0 aliphatic carbocycles. The van der Waals surface area contributed by atoms with E-state index in [1.165, 1.54) is 11.3 Å². The number of aryl methyl sites for hydroxylation is 1. The van der Waals surface area contributed by atoms with E-state index in [0.717, 1.165) is 17.0 Å². The van der Waals surface area contributed by atoms with Crippen LogP contribution in [-0.2, 0) is 7.05 Å². The molecule has 2 atom stereocenters. The minimum absolute atomic E-state index is 0.107. The monoisotopic (exact) mass is 292 g/mol. The van der Waals surface area contributed by atoms with Gasteiger partial charge in [0.2, 0.25) is 0 Å². The molecule has 6 heteroatoms. The molecule has 0 radical (unpaired) electrons. The van der Waals surface area contributed by atoms with Crippen molar-refractivity contribution in [3.05, 3.63) is 23.5 Å². The Balaban J connectivity index is 2.07. The van der Waals surface area contributed by atoms with Gasteiger partial charge in [0.25, 0.3) is 5.91 Å². The van der Waals surface area contributed by atoms with Crippen LogP contribution in [0.2, 0.25) is 0 Å². The second-order valence-corrected chi connectivity index (χ2v) is 5.95. The van der Waals surface area contributed by atoms with Gasteiger partial charge in [0.05, 0.1) is 6.20 Å². The molecular weight excluding hydrogens is 272 g/mol. The van der Waals surface area contributed by atoms with Gasteiger partial charge < -0.3 is 5.32 Å². The highest BCUT2D eigenvalue weighted by Gasteiger charge is 2.17. The first-order valence-electron chi connectivity index (χ1n) is 6.76. The molecule has 2 aromatic heterocycles. The Morgan fingerprint density at radius 1 is 1.50 bits per heavy atom. The lowest BCUT2D eigenvalue weighted by Crippen LogP contribution is -2.37. The lowest BCUT2D eigenvalue weighted by molar-refractivity contribution is 0.0924. The summed E-state index contributed by atoms with van der Waals surface area (Å²) in [5.41, 5.74) is 1.41. The van der Waals surface area contributed by atoms with E-state index < -0.39 is 0 Å². The zero-order valence-electron chi connectivity index (χ0n) is 12.3. The summed E-state index contributed by atoms with van der Waals surface area (Å²) in [6, 6.07) is 0.149. The number of nitrogens with one attached hydrogen (secondary N) is 1. The van der Waals surface area contributed by atoms with Crippen LogP contribution in [0.15, 0.2) is 17.8 Å². The molecule has 1 N–H and O–H groups in total. The van der Waals surface area contributed by atoms with Gasteiger partial charge in [0.1, 0.15) is 10.7 Å². The molecule has 0 aliphatic heterocycles. The van der Waals surface area contributed by atoms with Crippen molar-refractivity contribution in [2.75, 3.05) is 0 Å². The first kappa shape index (κ1) is 14.7. The molecule has 108 valence electrons. The van der Waals surface area contributed by atoms with E-state index in [4.69, 9.17) is 0 Å². The Bertz CT molecular complexity index is 590. The van der Waals surface area contributed by atoms with Crippen LogP contribution in [0.4, 0.5) is 0 Å². The number of carbonyl (C=O) groups is 1. The van der Waals surface area contributed by atoms with Gasteiger partial charge in [0.15, 0.2) is 0 Å². The number of rotatable bonds is 5. The highest BCUT2D eigenvalue weighted by molar-refractivity contribution is 7.13. The van der Waals surface area contributed by atoms with Gasteiger partial charge in [-0.05, 0) is 12.8 Å². The quantitative estimate of drug-likeness (QED) is 0.921. The topological polar surface area (TPSA) is 59.8 Å². The summed E-state index contributed by atoms with van der Waals surface area (Å²) in [5.74, 6) is 0.347. The summed E-state index contributed by atoms with van der Waals surface area (Å²) in [6.45, 7) is 6.28. The van der Waals surface area contributed by atoms with Gasteiger partial charge >= 0.3 is 0 Å². The largest absolute Gasteiger partial charge is 0.348 e. The lowest BCUT2D eigenvalue weighted by atomic mass is 10.0. The molecular formula is C14H20N4OS. The molecule has 0 unspecified atom stereocenters. The van der Waals surface area contributed by atoms with Crippen molar-refractivity contribution < 1.29 is 4.79 Å². The van der Waals surface area contributed by atoms with E-state index in [2.05, 4.69) is 29.2 Å². The van der Waals surface area contributed by atoms with Gasteiger partial charge in [-0.25, -0.2) is 4.98 Å². The zero-order valence-corrected chi connectivity index (χ0v) is 13.1. The highest BCUT2D eigenvalue weighted by Crippen LogP contribution is 2.23. The molecule has 0 aliphatic rings. The molecule has 0 saturated heterocycles. The molecule has 0 spiro atoms. The zero-order chi connectivity index (χ0) is 14.7. The van der Waals surface area contributed by atoms with Crippen molar-refractivity contribution in [3.8, 4) is 10.6 Å². The summed E-state index contributed by atoms with van der Waals surface area (Å²) < 4.78 is 1.72. The minimum Gasteiger partial charge on any atom is -0.348 e. The van der Waals surface area contributed by atoms with Crippen molar-refractivity contribution in [2.24, 2.45) is 13.0 Å². The van der Waals surface area contributed by atoms with Crippen molar-refractivity contribution in [1.82, 2.24) is 20.1 Å². The molecule has 5 nitrogen and oxygen atoms in total. The number of amides is 1. The van der Waals surface area contributed by atoms with Crippen LogP contribution in [0, 0.1) is 5.92 Å². The maximum atomic E-state index is 12.1. The van der Waals surface area contributed by atoms with Crippen LogP contribution in [0.25, 0.3) is 10.6 Å². The summed E-state index contributed by atoms with van der Waals surface area (Å²) in [5, 5.41) is 9.73. The standard InChI is InChI=1S/C14H20N4OS/c1-5-9(2)10(3)16-13(19)12-8-20-14(17-12)11-6-15-18(4)7-11/h6-10H,5H2,1-4H3,(H,16,19)/t9-,10+/m0/s1. The average Bonchev–Trinajstić information content (AvgIpc) is 3.05. The van der Waals surface area contributed by atoms with Gasteiger partial charge in [-0.3, -0.25) is 9.48 Å². The Morgan fingerprint density at radius 3 is 2.85 bits per heavy atom. The average molecular weight is 292 g/mol. The summed E-state index contributed by atoms with van der Waals surface area (Å²) in [6.07, 6.45) is 4.68. The maximum absolute atomic E-state index is 12.1. The van der Waals surface area contributed by atoms with Gasteiger partial charge in [-0.1, -0.05) is 20.3 Å². The van der Waals surface area contributed by atoms with E-state index in [0.29, 0.717) is 11.6 Å². The molecule has 0 bridgehead atoms. The third-order valence-corrected chi connectivity index (χ3v) is 4.44. The van der Waals surface area contributed by atoms with E-state index in [-0.39, 0.29) is 11.9 Å². The SMILES string of the molecule is CC[C@H](C)[C@@H](C)NC(=O)c1csc(-c2cnn(C)c2)n1. The van der Waals surface area contributed by atoms with Gasteiger partial charge in [0, 0.05) is 30.2 Å². The molecule has 2 heterocycles. The van der Waals surface area contributed by atoms with Crippen molar-refractivity contribution in [1.29, 1.82) is 0 Å². The number of hydrogen-bond acceptors (Lipinski definition) is 4. The number of thiazole rings is 1. The Morgan fingerprint density at radius 2 is 2.25 bits per heavy atom. The number of nitrogens with zero attached hydrogens (tertiary/aromatic N) is 3. The Labute approximate surface area is 123 Å². The minimum atomic E-state index is -0.107. The first-order valence-corrected chi connectivity index (χ1v) is 7.64. The first-order chi connectivity index (χ1) is 9.51. The van der Waals surface area contributed by atoms with Crippen molar-refractivity contribution >= 4 is 17.2 Å². The van der Waals surface area contributed by atoms with E-state index in [1.54, 1.807) is 16.3 Å². The molecule has 1 amide bonds. The number of carbonyl (C=O) groups excluding carboxylic acids is 1. The smallest absolute Gasteiger partial charge is 0.270 e. The predicted molar refractivity (Wildman–Crippen MR) is 80.7 cm³/mol. The molecule has 0 aromatic carbocycles. The Kier molecular flexibility index (Phi) is 4.54. The van der Waals surface area contributed by atoms with Crippen molar-refractivity contribution in [2.45, 2.75) is 33.2 Å². The van der Waals surface area contributed by atoms with Crippen LogP contribution < -0.4 is 5.32 Å². The second-order valence-electron chi connectivity index (χ2n) is 5.09. The van der Waals surface area contributed by atoms with Crippen LogP contribution in [-0.4, -0.2) is 26.7 Å². The molecule has 2 rings (SSSR count). The van der Waals surface area contributed by atoms with Crippen LogP contribution in [0.1, 0.15) is 37.7 Å². The highest BCUT2D eigenvalue weighted by atomic mass is 32.1. The van der Waals surface area contributed by atoms with E-state index in [9.17, 15) is 4.79 Å². The molecule has 0 fully saturated rings. The fraction of sp³-hybridized carbons (Fsp3) is 0.500. The molecule has 0 saturated carbocycles. The lowest BCUT2D eigenvalue weighted by Gasteiger charge is -2.19. The maximum Gasteiger partial charge on any atom is 0.270 e. The van der Waals surface area contributed by atoms with Crippen molar-refractivity contribution in [3.63, 3.8) is 0 Å². The summed E-state index contributed by atoms with van der Waals surface area (Å²) in [4.78, 5) is 16.5. The van der Waals surface area contributed by atoms with Crippen LogP contribution in [0.5, 0.6) is 0 Å². The second kappa shape index (κ2) is 6.17. The molecule has 2 aromatic rings. The van der Waals surface area contributed by atoms with Crippen LogP contribution in [0.3, 0.4) is 0 Å². The van der Waals surface area contributed by atoms with E-state index in [1.807, 2.05) is 20.2 Å². The fourth-order valence-electron chi connectivity index (χ4n) is 1.82. The van der Waals surface area contributed by atoms with Crippen LogP contribution >= 0.6 is 11.3 Å². The third-order valence-electron chi connectivity index (χ3n) is 3.54. The fourth-order valence-corrected chi connectivity index (χ4v) is 2.59. The predicted octanol–water partition coefficient (Wildman–Crippen LogP) is 2.71. The number of aromatic nitrogens is 3. The normalized spacial score (nSPS) is 14.0.